The van der Waals surface area contributed by atoms with Crippen LogP contribution in [0.5, 0.6) is 0 Å². The molecule has 1 spiro atoms. The zero-order chi connectivity index (χ0) is 30.2. The zero-order valence-electron chi connectivity index (χ0n) is 22.4. The largest absolute Gasteiger partial charge is 0.471 e. The van der Waals surface area contributed by atoms with Crippen LogP contribution in [0, 0.1) is 0 Å². The van der Waals surface area contributed by atoms with E-state index in [4.69, 9.17) is 0 Å². The molecular weight excluding hydrogens is 555 g/mol. The normalized spacial score (nSPS) is 16.9. The maximum Gasteiger partial charge on any atom is 0.471 e. The highest BCUT2D eigenvalue weighted by Crippen LogP contribution is 2.46. The molecule has 3 aromatic rings. The molecule has 2 heterocycles. The van der Waals surface area contributed by atoms with Gasteiger partial charge in [0.1, 0.15) is 12.4 Å². The predicted molar refractivity (Wildman–Crippen MR) is 144 cm³/mol. The first-order chi connectivity index (χ1) is 19.9. The van der Waals surface area contributed by atoms with Gasteiger partial charge in [-0.1, -0.05) is 36.4 Å². The maximum atomic E-state index is 13.5. The average molecular weight is 582 g/mol. The van der Waals surface area contributed by atoms with Crippen molar-refractivity contribution in [2.45, 2.75) is 37.5 Å². The average Bonchev–Trinajstić information content (AvgIpc) is 3.45. The number of aromatic nitrogens is 1. The van der Waals surface area contributed by atoms with Crippen LogP contribution in [0.25, 0.3) is 0 Å². The van der Waals surface area contributed by atoms with Gasteiger partial charge in [0.25, 0.3) is 0 Å². The number of nitrogens with one attached hydrogen (secondary N) is 2. The number of halogens is 3. The number of carbonyl (C=O) groups excluding carboxylic acids is 3. The van der Waals surface area contributed by atoms with Gasteiger partial charge in [-0.05, 0) is 53.3 Å². The van der Waals surface area contributed by atoms with E-state index < -0.39 is 42.6 Å². The lowest BCUT2D eigenvalue weighted by atomic mass is 9.79. The first-order valence-electron chi connectivity index (χ1n) is 12.9. The Labute approximate surface area is 238 Å². The van der Waals surface area contributed by atoms with Crippen LogP contribution in [-0.2, 0) is 45.7 Å². The van der Waals surface area contributed by atoms with Gasteiger partial charge in [-0.25, -0.2) is 9.78 Å². The summed E-state index contributed by atoms with van der Waals surface area (Å²) in [4.78, 5) is 55.0. The number of benzene rings is 2. The molecule has 0 bridgehead atoms. The fourth-order valence-corrected chi connectivity index (χ4v) is 5.49. The van der Waals surface area contributed by atoms with Crippen LogP contribution in [-0.4, -0.2) is 63.5 Å². The summed E-state index contributed by atoms with van der Waals surface area (Å²) in [5, 5.41) is 14.6. The number of carboxylic acid groups (broad SMARTS) is 1. The molecule has 1 aliphatic heterocycles. The molecule has 5 rings (SSSR count). The number of nitrogens with zero attached hydrogens (tertiary/aromatic N) is 3. The van der Waals surface area contributed by atoms with Crippen molar-refractivity contribution in [2.24, 2.45) is 0 Å². The van der Waals surface area contributed by atoms with Crippen LogP contribution in [0.15, 0.2) is 60.8 Å². The first-order valence-corrected chi connectivity index (χ1v) is 12.9. The summed E-state index contributed by atoms with van der Waals surface area (Å²) in [6.45, 7) is -1.59. The van der Waals surface area contributed by atoms with Gasteiger partial charge in [-0.15, -0.1) is 0 Å². The van der Waals surface area contributed by atoms with Crippen molar-refractivity contribution in [1.82, 2.24) is 14.8 Å². The van der Waals surface area contributed by atoms with Crippen molar-refractivity contribution >= 4 is 35.3 Å². The standard InChI is InChI=1S/C29H26F3N5O5/c1-36(27(41)42)14-18-5-2-3-6-19(18)15-37(26(40)29(30,31)32)16-23(38)34-21-9-8-17-12-28(13-20(17)11-21)22-7-4-10-33-24(22)35-25(28)39/h2-11H,12-16H2,1H3,(H,34,38)(H,41,42)(H,33,35,39). The third kappa shape index (κ3) is 5.49. The van der Waals surface area contributed by atoms with E-state index in [0.717, 1.165) is 21.6 Å². The SMILES string of the molecule is CN(Cc1ccccc1CN(CC(=O)Nc1ccc2c(c1)CC1(C2)C(=O)Nc2ncccc21)C(=O)C(F)(F)F)C(=O)O. The molecule has 10 nitrogen and oxygen atoms in total. The van der Waals surface area contributed by atoms with Crippen LogP contribution < -0.4 is 10.6 Å². The third-order valence-electron chi connectivity index (χ3n) is 7.54. The van der Waals surface area contributed by atoms with Gasteiger partial charge in [0.15, 0.2) is 0 Å². The van der Waals surface area contributed by atoms with E-state index in [0.29, 0.717) is 34.8 Å². The smallest absolute Gasteiger partial charge is 0.465 e. The van der Waals surface area contributed by atoms with Gasteiger partial charge in [-0.2, -0.15) is 13.2 Å². The molecule has 218 valence electrons. The maximum absolute atomic E-state index is 13.5. The molecule has 42 heavy (non-hydrogen) atoms. The van der Waals surface area contributed by atoms with E-state index in [1.165, 1.54) is 13.1 Å². The lowest BCUT2D eigenvalue weighted by molar-refractivity contribution is -0.186. The summed E-state index contributed by atoms with van der Waals surface area (Å²) in [7, 11) is 1.30. The molecule has 0 saturated heterocycles. The Morgan fingerprint density at radius 1 is 1.02 bits per heavy atom. The summed E-state index contributed by atoms with van der Waals surface area (Å²) >= 11 is 0. The number of hydrogen-bond donors (Lipinski definition) is 3. The topological polar surface area (TPSA) is 132 Å². The number of amides is 4. The third-order valence-corrected chi connectivity index (χ3v) is 7.54. The quantitative estimate of drug-likeness (QED) is 0.390. The number of hydrogen-bond acceptors (Lipinski definition) is 5. The minimum atomic E-state index is -5.23. The van der Waals surface area contributed by atoms with Crippen molar-refractivity contribution in [1.29, 1.82) is 0 Å². The number of carbonyl (C=O) groups is 4. The second kappa shape index (κ2) is 10.8. The number of anilines is 2. The Morgan fingerprint density at radius 2 is 1.71 bits per heavy atom. The van der Waals surface area contributed by atoms with Crippen LogP contribution in [0.3, 0.4) is 0 Å². The molecule has 1 unspecified atom stereocenters. The predicted octanol–water partition coefficient (Wildman–Crippen LogP) is 3.71. The van der Waals surface area contributed by atoms with E-state index in [1.54, 1.807) is 48.7 Å². The Kier molecular flexibility index (Phi) is 7.35. The van der Waals surface area contributed by atoms with Gasteiger partial charge in [0.05, 0.1) is 5.41 Å². The lowest BCUT2D eigenvalue weighted by Crippen LogP contribution is -2.44. The second-order valence-corrected chi connectivity index (χ2v) is 10.4. The van der Waals surface area contributed by atoms with Crippen LogP contribution in [0.1, 0.15) is 27.8 Å². The van der Waals surface area contributed by atoms with E-state index in [9.17, 15) is 37.5 Å². The molecule has 1 atom stereocenters. The lowest BCUT2D eigenvalue weighted by Gasteiger charge is -2.25. The van der Waals surface area contributed by atoms with Crippen LogP contribution in [0.2, 0.25) is 0 Å². The summed E-state index contributed by atoms with van der Waals surface area (Å²) in [6.07, 6.45) is -4.08. The molecule has 13 heteroatoms. The van der Waals surface area contributed by atoms with Gasteiger partial charge < -0.3 is 25.5 Å². The molecule has 0 fully saturated rings. The highest BCUT2D eigenvalue weighted by Gasteiger charge is 2.51. The van der Waals surface area contributed by atoms with Crippen molar-refractivity contribution in [3.8, 4) is 0 Å². The fraction of sp³-hybridized carbons (Fsp3) is 0.276. The molecule has 0 radical (unpaired) electrons. The minimum Gasteiger partial charge on any atom is -0.465 e. The monoisotopic (exact) mass is 581 g/mol. The van der Waals surface area contributed by atoms with Gasteiger partial charge in [-0.3, -0.25) is 14.4 Å². The van der Waals surface area contributed by atoms with Crippen molar-refractivity contribution in [3.05, 3.63) is 88.6 Å². The van der Waals surface area contributed by atoms with Gasteiger partial charge in [0.2, 0.25) is 11.8 Å². The van der Waals surface area contributed by atoms with Crippen molar-refractivity contribution in [2.75, 3.05) is 24.2 Å². The van der Waals surface area contributed by atoms with E-state index in [-0.39, 0.29) is 18.0 Å². The summed E-state index contributed by atoms with van der Waals surface area (Å²) in [5.74, 6) is -2.72. The molecule has 3 N–H and O–H groups in total. The molecular formula is C29H26F3N5O5. The fourth-order valence-electron chi connectivity index (χ4n) is 5.49. The van der Waals surface area contributed by atoms with E-state index >= 15 is 0 Å². The Morgan fingerprint density at radius 3 is 2.40 bits per heavy atom. The van der Waals surface area contributed by atoms with Crippen LogP contribution >= 0.6 is 0 Å². The second-order valence-electron chi connectivity index (χ2n) is 10.4. The molecule has 1 aliphatic carbocycles. The summed E-state index contributed by atoms with van der Waals surface area (Å²) < 4.78 is 40.4. The summed E-state index contributed by atoms with van der Waals surface area (Å²) in [5.41, 5.74) is 2.63. The highest BCUT2D eigenvalue weighted by atomic mass is 19.4. The van der Waals surface area contributed by atoms with Crippen LogP contribution in [0.4, 0.5) is 29.5 Å². The Balaban J connectivity index is 1.32. The number of fused-ring (bicyclic) bond motifs is 3. The summed E-state index contributed by atoms with van der Waals surface area (Å²) in [6, 6.07) is 14.8. The van der Waals surface area contributed by atoms with Gasteiger partial charge >= 0.3 is 18.2 Å². The van der Waals surface area contributed by atoms with Gasteiger partial charge in [0, 0.05) is 37.6 Å². The Hall–Kier alpha value is -4.94. The highest BCUT2D eigenvalue weighted by molar-refractivity contribution is 6.06. The minimum absolute atomic E-state index is 0.124. The van der Waals surface area contributed by atoms with E-state index in [1.807, 2.05) is 6.07 Å². The number of pyridine rings is 1. The number of alkyl halides is 3. The Bertz CT molecular complexity index is 1590. The zero-order valence-corrected chi connectivity index (χ0v) is 22.4. The first kappa shape index (κ1) is 28.6. The molecule has 4 amide bonds. The molecule has 2 aromatic carbocycles. The van der Waals surface area contributed by atoms with Crippen molar-refractivity contribution < 1.29 is 37.5 Å². The van der Waals surface area contributed by atoms with E-state index in [2.05, 4.69) is 15.6 Å². The van der Waals surface area contributed by atoms with Crippen molar-refractivity contribution in [3.63, 3.8) is 0 Å². The molecule has 2 aliphatic rings. The number of rotatable bonds is 7. The molecule has 1 aromatic heterocycles. The molecule has 0 saturated carbocycles.